The molecule has 0 aliphatic heterocycles. The average molecular weight is 564 g/mol. The van der Waals surface area contributed by atoms with Crippen molar-refractivity contribution in [2.45, 2.75) is 19.6 Å². The average Bonchev–Trinajstić information content (AvgIpc) is 3.02. The van der Waals surface area contributed by atoms with E-state index in [0.29, 0.717) is 0 Å². The van der Waals surface area contributed by atoms with Crippen LogP contribution in [-0.2, 0) is 20.9 Å². The fourth-order valence-corrected chi connectivity index (χ4v) is 8.78. The Morgan fingerprint density at radius 3 is 1.61 bits per heavy atom. The molecule has 0 radical (unpaired) electrons. The van der Waals surface area contributed by atoms with Crippen molar-refractivity contribution in [1.82, 2.24) is 10.6 Å². The number of nitrogens with zero attached hydrogens (tertiary/aromatic N) is 1. The summed E-state index contributed by atoms with van der Waals surface area (Å²) >= 11 is 0. The zero-order chi connectivity index (χ0) is 29.1. The topological polar surface area (TPSA) is 108 Å². The van der Waals surface area contributed by atoms with E-state index in [-0.39, 0.29) is 24.4 Å². The maximum atomic E-state index is 14.4. The maximum absolute atomic E-state index is 14.4. The minimum atomic E-state index is -3.03. The van der Waals surface area contributed by atoms with E-state index in [0.717, 1.165) is 21.5 Å². The Kier molecular flexibility index (Phi) is 9.88. The molecule has 0 saturated carbocycles. The highest BCUT2D eigenvalue weighted by Gasteiger charge is 2.36. The smallest absolute Gasteiger partial charge is 0.408 e. The van der Waals surface area contributed by atoms with Gasteiger partial charge in [-0.05, 0) is 28.4 Å². The quantitative estimate of drug-likeness (QED) is 0.286. The zero-order valence-corrected chi connectivity index (χ0v) is 23.5. The van der Waals surface area contributed by atoms with Gasteiger partial charge in [0.2, 0.25) is 5.91 Å². The Morgan fingerprint density at radius 2 is 1.20 bits per heavy atom. The molecule has 0 fully saturated rings. The Morgan fingerprint density at radius 1 is 0.756 bits per heavy atom. The standard InChI is InChI=1S/C33H30N3O4P/c1-25(37)35-23-30(36-33(39)40-24-26-14-6-2-7-15-26)32(38)31(22-34)41(27-16-8-3-9-17-27,28-18-10-4-11-19-28)29-20-12-5-13-21-29/h2-21,30H,23-24H2,1H3,(H,35,37)(H,36,39). The van der Waals surface area contributed by atoms with Crippen LogP contribution < -0.4 is 26.5 Å². The lowest BCUT2D eigenvalue weighted by Gasteiger charge is -2.31. The molecule has 0 spiro atoms. The van der Waals surface area contributed by atoms with E-state index in [2.05, 4.69) is 16.7 Å². The van der Waals surface area contributed by atoms with Crippen LogP contribution in [0.5, 0.6) is 0 Å². The van der Waals surface area contributed by atoms with Crippen molar-refractivity contribution in [3.63, 3.8) is 0 Å². The first-order valence-electron chi connectivity index (χ1n) is 13.1. The lowest BCUT2D eigenvalue weighted by atomic mass is 10.1. The Balaban J connectivity index is 1.87. The van der Waals surface area contributed by atoms with Crippen LogP contribution in [0.25, 0.3) is 0 Å². The molecule has 0 saturated heterocycles. The van der Waals surface area contributed by atoms with Gasteiger partial charge in [0.05, 0.1) is 0 Å². The van der Waals surface area contributed by atoms with Crippen molar-refractivity contribution < 1.29 is 19.1 Å². The van der Waals surface area contributed by atoms with Gasteiger partial charge in [0, 0.05) is 13.5 Å². The van der Waals surface area contributed by atoms with Crippen LogP contribution in [0.15, 0.2) is 121 Å². The molecule has 0 heterocycles. The van der Waals surface area contributed by atoms with Gasteiger partial charge in [-0.25, -0.2) is 4.79 Å². The second kappa shape index (κ2) is 13.9. The molecule has 206 valence electrons. The van der Waals surface area contributed by atoms with Gasteiger partial charge < -0.3 is 15.4 Å². The molecule has 0 aromatic heterocycles. The summed E-state index contributed by atoms with van der Waals surface area (Å²) < 4.78 is 5.37. The molecule has 0 aliphatic rings. The van der Waals surface area contributed by atoms with Gasteiger partial charge in [0.25, 0.3) is 0 Å². The molecule has 4 aromatic rings. The highest BCUT2D eigenvalue weighted by molar-refractivity contribution is 7.97. The van der Waals surface area contributed by atoms with E-state index in [1.165, 1.54) is 6.92 Å². The van der Waals surface area contributed by atoms with E-state index >= 15 is 0 Å². The minimum absolute atomic E-state index is 0.000175. The van der Waals surface area contributed by atoms with Crippen LogP contribution in [0, 0.1) is 11.3 Å². The van der Waals surface area contributed by atoms with E-state index in [9.17, 15) is 19.6 Å². The fraction of sp³-hybridized carbons (Fsp3) is 0.121. The maximum Gasteiger partial charge on any atom is 0.408 e. The predicted molar refractivity (Wildman–Crippen MR) is 163 cm³/mol. The molecule has 2 amide bonds. The highest BCUT2D eigenvalue weighted by atomic mass is 31.2. The molecule has 0 aliphatic carbocycles. The molecular formula is C33H30N3O4P. The number of hydrogen-bond donors (Lipinski definition) is 2. The number of hydrogen-bond acceptors (Lipinski definition) is 5. The van der Waals surface area contributed by atoms with Crippen molar-refractivity contribution in [2.75, 3.05) is 6.54 Å². The molecule has 0 bridgehead atoms. The van der Waals surface area contributed by atoms with Crippen molar-refractivity contribution in [2.24, 2.45) is 0 Å². The number of alkyl carbamates (subject to hydrolysis) is 1. The summed E-state index contributed by atoms with van der Waals surface area (Å²) in [5, 5.41) is 18.4. The largest absolute Gasteiger partial charge is 0.445 e. The SMILES string of the molecule is CC(=O)NCC(NC(=O)OCc1ccccc1)C(=O)C(C#N)=P(c1ccccc1)(c1ccccc1)c1ccccc1. The first-order valence-corrected chi connectivity index (χ1v) is 14.8. The number of Topliss-reactive ketones (excluding diaryl/α,β-unsaturated/α-hetero) is 1. The summed E-state index contributed by atoms with van der Waals surface area (Å²) in [6.45, 7) is -1.92. The Labute approximate surface area is 239 Å². The summed E-state index contributed by atoms with van der Waals surface area (Å²) in [4.78, 5) is 39.1. The molecule has 7 nitrogen and oxygen atoms in total. The predicted octanol–water partition coefficient (Wildman–Crippen LogP) is 3.68. The number of nitrogens with one attached hydrogen (secondary N) is 2. The summed E-state index contributed by atoms with van der Waals surface area (Å²) in [5.41, 5.74) is 0.777. The Bertz CT molecular complexity index is 1480. The van der Waals surface area contributed by atoms with Gasteiger partial charge >= 0.3 is 6.09 Å². The van der Waals surface area contributed by atoms with Gasteiger partial charge in [-0.2, -0.15) is 5.26 Å². The third-order valence-corrected chi connectivity index (χ3v) is 10.7. The van der Waals surface area contributed by atoms with Gasteiger partial charge in [-0.1, -0.05) is 121 Å². The van der Waals surface area contributed by atoms with Gasteiger partial charge in [-0.15, -0.1) is 0 Å². The van der Waals surface area contributed by atoms with Crippen molar-refractivity contribution in [3.05, 3.63) is 127 Å². The summed E-state index contributed by atoms with van der Waals surface area (Å²) in [6.07, 6.45) is -0.835. The summed E-state index contributed by atoms with van der Waals surface area (Å²) in [5.74, 6) is -0.973. The first-order chi connectivity index (χ1) is 20.0. The third-order valence-electron chi connectivity index (χ3n) is 6.48. The molecule has 1 unspecified atom stereocenters. The summed E-state index contributed by atoms with van der Waals surface area (Å²) in [7, 11) is 0. The van der Waals surface area contributed by atoms with Crippen LogP contribution in [0.3, 0.4) is 0 Å². The number of carbonyl (C=O) groups excluding carboxylic acids is 3. The van der Waals surface area contributed by atoms with Gasteiger partial charge in [0.15, 0.2) is 5.78 Å². The van der Waals surface area contributed by atoms with Crippen LogP contribution in [0.2, 0.25) is 0 Å². The number of benzene rings is 4. The highest BCUT2D eigenvalue weighted by Crippen LogP contribution is 2.46. The van der Waals surface area contributed by atoms with E-state index in [4.69, 9.17) is 4.74 Å². The van der Waals surface area contributed by atoms with Crippen LogP contribution in [-0.4, -0.2) is 35.7 Å². The third kappa shape index (κ3) is 6.81. The fourth-order valence-electron chi connectivity index (χ4n) is 4.61. The van der Waals surface area contributed by atoms with Crippen LogP contribution in [0.1, 0.15) is 12.5 Å². The minimum Gasteiger partial charge on any atom is -0.445 e. The lowest BCUT2D eigenvalue weighted by molar-refractivity contribution is -0.119. The number of nitriles is 1. The van der Waals surface area contributed by atoms with Crippen LogP contribution in [0.4, 0.5) is 4.79 Å². The molecular weight excluding hydrogens is 533 g/mol. The molecule has 1 atom stereocenters. The van der Waals surface area contributed by atoms with Gasteiger partial charge in [0.1, 0.15) is 24.0 Å². The lowest BCUT2D eigenvalue weighted by Crippen LogP contribution is -2.51. The van der Waals surface area contributed by atoms with Crippen molar-refractivity contribution in [1.29, 1.82) is 5.26 Å². The van der Waals surface area contributed by atoms with Crippen LogP contribution >= 0.6 is 6.89 Å². The second-order valence-electron chi connectivity index (χ2n) is 9.20. The molecule has 2 N–H and O–H groups in total. The normalized spacial score (nSPS) is 11.4. The zero-order valence-electron chi connectivity index (χ0n) is 22.6. The first kappa shape index (κ1) is 29.1. The van der Waals surface area contributed by atoms with E-state index < -0.39 is 24.8 Å². The monoisotopic (exact) mass is 563 g/mol. The number of ketones is 1. The second-order valence-corrected chi connectivity index (χ2v) is 12.5. The number of rotatable bonds is 10. The molecule has 4 rings (SSSR count). The van der Waals surface area contributed by atoms with E-state index in [1.54, 1.807) is 0 Å². The number of ether oxygens (including phenoxy) is 1. The number of carbonyl (C=O) groups is 3. The number of amides is 2. The van der Waals surface area contributed by atoms with Gasteiger partial charge in [-0.3, -0.25) is 9.59 Å². The molecule has 8 heteroatoms. The summed E-state index contributed by atoms with van der Waals surface area (Å²) in [6, 6.07) is 38.6. The van der Waals surface area contributed by atoms with Crippen molar-refractivity contribution in [3.8, 4) is 6.07 Å². The van der Waals surface area contributed by atoms with E-state index in [1.807, 2.05) is 121 Å². The Hall–Kier alpha value is -4.92. The molecule has 41 heavy (non-hydrogen) atoms. The molecule has 4 aromatic carbocycles. The van der Waals surface area contributed by atoms with Crippen molar-refractivity contribution >= 4 is 45.9 Å².